The van der Waals surface area contributed by atoms with E-state index < -0.39 is 5.67 Å². The van der Waals surface area contributed by atoms with Gasteiger partial charge in [0.2, 0.25) is 11.7 Å². The number of hydrogen-bond donors (Lipinski definition) is 1. The van der Waals surface area contributed by atoms with Crippen LogP contribution in [0, 0.1) is 0 Å². The summed E-state index contributed by atoms with van der Waals surface area (Å²) >= 11 is 0. The van der Waals surface area contributed by atoms with Gasteiger partial charge in [-0.15, -0.1) is 0 Å². The Bertz CT molecular complexity index is 1000. The summed E-state index contributed by atoms with van der Waals surface area (Å²) in [6.07, 6.45) is 13.9. The highest BCUT2D eigenvalue weighted by atomic mass is 19.1. The van der Waals surface area contributed by atoms with Crippen LogP contribution in [0.3, 0.4) is 0 Å². The fourth-order valence-electron chi connectivity index (χ4n) is 3.50. The van der Waals surface area contributed by atoms with Gasteiger partial charge in [0.15, 0.2) is 0 Å². The summed E-state index contributed by atoms with van der Waals surface area (Å²) in [6, 6.07) is 0. The Balaban J connectivity index is 0.00000225. The molecule has 3 heterocycles. The van der Waals surface area contributed by atoms with Gasteiger partial charge in [-0.1, -0.05) is 26.3 Å². The van der Waals surface area contributed by atoms with Crippen LogP contribution in [0.4, 0.5) is 10.3 Å². The van der Waals surface area contributed by atoms with E-state index in [0.717, 1.165) is 35.2 Å². The van der Waals surface area contributed by atoms with Gasteiger partial charge in [0.25, 0.3) is 0 Å². The highest BCUT2D eigenvalue weighted by Gasteiger charge is 2.27. The lowest BCUT2D eigenvalue weighted by molar-refractivity contribution is 0.158. The van der Waals surface area contributed by atoms with Crippen molar-refractivity contribution in [3.05, 3.63) is 53.9 Å². The molecule has 0 spiro atoms. The van der Waals surface area contributed by atoms with Crippen molar-refractivity contribution in [3.63, 3.8) is 0 Å². The van der Waals surface area contributed by atoms with Gasteiger partial charge in [0.1, 0.15) is 5.67 Å². The van der Waals surface area contributed by atoms with E-state index >= 15 is 0 Å². The van der Waals surface area contributed by atoms with E-state index in [1.807, 2.05) is 43.0 Å². The lowest BCUT2D eigenvalue weighted by Crippen LogP contribution is -2.32. The van der Waals surface area contributed by atoms with Crippen LogP contribution >= 0.6 is 0 Å². The van der Waals surface area contributed by atoms with E-state index in [1.165, 1.54) is 0 Å². The Morgan fingerprint density at radius 1 is 1.26 bits per heavy atom. The number of allylic oxidation sites excluding steroid dienone is 1. The molecule has 3 aromatic heterocycles. The van der Waals surface area contributed by atoms with Gasteiger partial charge in [-0.3, -0.25) is 4.40 Å². The lowest BCUT2D eigenvalue weighted by Gasteiger charge is -2.23. The fraction of sp³-hybridized carbons (Fsp3) is 0.400. The second-order valence-electron chi connectivity index (χ2n) is 6.96. The summed E-state index contributed by atoms with van der Waals surface area (Å²) in [5, 5.41) is 3.08. The molecule has 0 bridgehead atoms. The number of imidazole rings is 1. The maximum Gasteiger partial charge on any atom is 0.233 e. The zero-order valence-electron chi connectivity index (χ0n) is 15.6. The van der Waals surface area contributed by atoms with Crippen molar-refractivity contribution >= 4 is 17.3 Å². The standard InChI is InChI=1S/C20H23FN6.H2/c1-3-7-20(21,4-2)13-25-18-23-11-16-15(5-6-17(16)26-18)14-10-24-19-22-8-9-27(19)12-14;/h5,8-12H,3-4,6-7,13H2,1-2H3,(H,23,25,26);1H. The Labute approximate surface area is 159 Å². The summed E-state index contributed by atoms with van der Waals surface area (Å²) in [5.74, 6) is 1.16. The minimum Gasteiger partial charge on any atom is -0.351 e. The molecule has 4 rings (SSSR count). The molecule has 1 aliphatic rings. The van der Waals surface area contributed by atoms with Gasteiger partial charge in [-0.25, -0.2) is 24.3 Å². The molecular weight excluding hydrogens is 343 g/mol. The molecule has 142 valence electrons. The van der Waals surface area contributed by atoms with Gasteiger partial charge in [-0.2, -0.15) is 0 Å². The molecule has 1 aliphatic carbocycles. The molecule has 0 amide bonds. The van der Waals surface area contributed by atoms with Crippen LogP contribution in [0.2, 0.25) is 0 Å². The maximum absolute atomic E-state index is 14.7. The molecule has 3 aromatic rings. The molecule has 1 unspecified atom stereocenters. The Kier molecular flexibility index (Phi) is 4.59. The first-order valence-corrected chi connectivity index (χ1v) is 9.40. The predicted octanol–water partition coefficient (Wildman–Crippen LogP) is 4.08. The van der Waals surface area contributed by atoms with Crippen molar-refractivity contribution in [1.29, 1.82) is 0 Å². The third-order valence-electron chi connectivity index (χ3n) is 5.11. The van der Waals surface area contributed by atoms with E-state index in [0.29, 0.717) is 24.6 Å². The van der Waals surface area contributed by atoms with Gasteiger partial charge < -0.3 is 5.32 Å². The minimum absolute atomic E-state index is 0. The monoisotopic (exact) mass is 368 g/mol. The molecule has 0 saturated carbocycles. The van der Waals surface area contributed by atoms with E-state index in [4.69, 9.17) is 0 Å². The minimum atomic E-state index is -1.22. The highest BCUT2D eigenvalue weighted by Crippen LogP contribution is 2.31. The number of alkyl halides is 1. The first-order chi connectivity index (χ1) is 13.1. The van der Waals surface area contributed by atoms with E-state index in [1.54, 1.807) is 6.20 Å². The van der Waals surface area contributed by atoms with Crippen molar-refractivity contribution in [2.24, 2.45) is 0 Å². The summed E-state index contributed by atoms with van der Waals surface area (Å²) < 4.78 is 16.6. The SMILES string of the molecule is CCCC(F)(CC)CNc1ncc2c(n1)CC=C2c1cnc2nccn2c1.[HH]. The zero-order chi connectivity index (χ0) is 18.9. The van der Waals surface area contributed by atoms with Crippen molar-refractivity contribution in [3.8, 4) is 0 Å². The molecule has 0 radical (unpaired) electrons. The van der Waals surface area contributed by atoms with E-state index in [2.05, 4.69) is 31.3 Å². The summed E-state index contributed by atoms with van der Waals surface area (Å²) in [7, 11) is 0. The van der Waals surface area contributed by atoms with Crippen LogP contribution in [-0.2, 0) is 6.42 Å². The summed E-state index contributed by atoms with van der Waals surface area (Å²) in [4.78, 5) is 17.6. The molecule has 0 aliphatic heterocycles. The first kappa shape index (κ1) is 17.6. The van der Waals surface area contributed by atoms with E-state index in [-0.39, 0.29) is 7.97 Å². The third-order valence-corrected chi connectivity index (χ3v) is 5.11. The Hall–Kier alpha value is -2.83. The van der Waals surface area contributed by atoms with Crippen LogP contribution in [0.5, 0.6) is 0 Å². The molecule has 6 nitrogen and oxygen atoms in total. The topological polar surface area (TPSA) is 68.0 Å². The number of aromatic nitrogens is 5. The third kappa shape index (κ3) is 3.41. The number of hydrogen-bond acceptors (Lipinski definition) is 5. The molecule has 0 fully saturated rings. The number of anilines is 1. The second kappa shape index (κ2) is 7.06. The predicted molar refractivity (Wildman–Crippen MR) is 105 cm³/mol. The Morgan fingerprint density at radius 3 is 2.96 bits per heavy atom. The average molecular weight is 368 g/mol. The zero-order valence-corrected chi connectivity index (χ0v) is 15.6. The van der Waals surface area contributed by atoms with Gasteiger partial charge in [0, 0.05) is 50.0 Å². The average Bonchev–Trinajstić information content (AvgIpc) is 3.32. The Morgan fingerprint density at radius 2 is 2.15 bits per heavy atom. The highest BCUT2D eigenvalue weighted by molar-refractivity contribution is 5.83. The lowest BCUT2D eigenvalue weighted by atomic mass is 9.97. The quantitative estimate of drug-likeness (QED) is 0.680. The van der Waals surface area contributed by atoms with Crippen molar-refractivity contribution < 1.29 is 5.82 Å². The fourth-order valence-corrected chi connectivity index (χ4v) is 3.50. The van der Waals surface area contributed by atoms with Crippen molar-refractivity contribution in [2.75, 3.05) is 11.9 Å². The molecule has 0 saturated heterocycles. The smallest absolute Gasteiger partial charge is 0.233 e. The largest absolute Gasteiger partial charge is 0.351 e. The second-order valence-corrected chi connectivity index (χ2v) is 6.96. The van der Waals surface area contributed by atoms with Gasteiger partial charge >= 0.3 is 0 Å². The summed E-state index contributed by atoms with van der Waals surface area (Å²) in [5.41, 5.74) is 2.80. The molecule has 1 N–H and O–H groups in total. The number of fused-ring (bicyclic) bond motifs is 2. The van der Waals surface area contributed by atoms with E-state index in [9.17, 15) is 4.39 Å². The molecule has 7 heteroatoms. The molecule has 1 atom stereocenters. The number of nitrogens with one attached hydrogen (secondary N) is 1. The van der Waals surface area contributed by atoms with Crippen molar-refractivity contribution in [1.82, 2.24) is 24.3 Å². The number of nitrogens with zero attached hydrogens (tertiary/aromatic N) is 5. The first-order valence-electron chi connectivity index (χ1n) is 9.40. The summed E-state index contributed by atoms with van der Waals surface area (Å²) in [6.45, 7) is 4.11. The van der Waals surface area contributed by atoms with Gasteiger partial charge in [0.05, 0.1) is 12.2 Å². The number of halogens is 1. The van der Waals surface area contributed by atoms with Crippen LogP contribution in [0.15, 0.2) is 37.1 Å². The number of rotatable bonds is 7. The van der Waals surface area contributed by atoms with Crippen LogP contribution < -0.4 is 5.32 Å². The van der Waals surface area contributed by atoms with Crippen LogP contribution in [-0.4, -0.2) is 36.6 Å². The molecular formula is C20H25FN6. The maximum atomic E-state index is 14.7. The van der Waals surface area contributed by atoms with Gasteiger partial charge in [-0.05, 0) is 18.4 Å². The molecule has 27 heavy (non-hydrogen) atoms. The van der Waals surface area contributed by atoms with Crippen LogP contribution in [0.1, 0.15) is 51.4 Å². The molecule has 0 aromatic carbocycles. The van der Waals surface area contributed by atoms with Crippen molar-refractivity contribution in [2.45, 2.75) is 45.2 Å². The van der Waals surface area contributed by atoms with Crippen LogP contribution in [0.25, 0.3) is 11.4 Å². The normalized spacial score (nSPS) is 15.4.